The summed E-state index contributed by atoms with van der Waals surface area (Å²) in [6.07, 6.45) is 0. The Morgan fingerprint density at radius 3 is 2.35 bits per heavy atom. The molecule has 106 valence electrons. The first kappa shape index (κ1) is 15.1. The van der Waals surface area contributed by atoms with Gasteiger partial charge in [0.15, 0.2) is 11.5 Å². The van der Waals surface area contributed by atoms with Crippen LogP contribution >= 0.6 is 27.5 Å². The Hall–Kier alpha value is -1.26. The van der Waals surface area contributed by atoms with Gasteiger partial charge in [-0.3, -0.25) is 0 Å². The van der Waals surface area contributed by atoms with E-state index < -0.39 is 5.38 Å². The fraction of sp³-hybridized carbons (Fsp3) is 0.200. The van der Waals surface area contributed by atoms with Crippen LogP contribution in [0.2, 0.25) is 0 Å². The molecule has 1 atom stereocenters. The van der Waals surface area contributed by atoms with Gasteiger partial charge in [0.05, 0.1) is 19.6 Å². The zero-order chi connectivity index (χ0) is 14.7. The van der Waals surface area contributed by atoms with Crippen molar-refractivity contribution in [1.29, 1.82) is 0 Å². The van der Waals surface area contributed by atoms with Crippen molar-refractivity contribution in [2.24, 2.45) is 0 Å². The summed E-state index contributed by atoms with van der Waals surface area (Å²) in [5.74, 6) is 0.934. The molecule has 1 unspecified atom stereocenters. The fourth-order valence-electron chi connectivity index (χ4n) is 1.90. The SMILES string of the molecule is COc1ccc(C(Cl)c2ccc(F)cc2Br)cc1OC. The molecule has 0 bridgehead atoms. The first-order valence-corrected chi connectivity index (χ1v) is 7.10. The molecular formula is C15H13BrClFO2. The van der Waals surface area contributed by atoms with Crippen LogP contribution in [0.25, 0.3) is 0 Å². The number of benzene rings is 2. The molecule has 0 saturated carbocycles. The van der Waals surface area contributed by atoms with Crippen LogP contribution in [-0.2, 0) is 0 Å². The topological polar surface area (TPSA) is 18.5 Å². The van der Waals surface area contributed by atoms with Gasteiger partial charge in [0, 0.05) is 4.47 Å². The van der Waals surface area contributed by atoms with Gasteiger partial charge >= 0.3 is 0 Å². The molecule has 0 spiro atoms. The van der Waals surface area contributed by atoms with E-state index in [0.717, 1.165) is 11.1 Å². The van der Waals surface area contributed by atoms with E-state index >= 15 is 0 Å². The van der Waals surface area contributed by atoms with Crippen LogP contribution in [-0.4, -0.2) is 14.2 Å². The maximum Gasteiger partial charge on any atom is 0.161 e. The first-order chi connectivity index (χ1) is 9.56. The van der Waals surface area contributed by atoms with Crippen LogP contribution < -0.4 is 9.47 Å². The number of hydrogen-bond acceptors (Lipinski definition) is 2. The quantitative estimate of drug-likeness (QED) is 0.720. The maximum atomic E-state index is 13.1. The highest BCUT2D eigenvalue weighted by Gasteiger charge is 2.16. The maximum absolute atomic E-state index is 13.1. The van der Waals surface area contributed by atoms with Crippen LogP contribution in [0.5, 0.6) is 11.5 Å². The van der Waals surface area contributed by atoms with Gasteiger partial charge in [-0.05, 0) is 35.4 Å². The normalized spacial score (nSPS) is 12.1. The van der Waals surface area contributed by atoms with E-state index in [4.69, 9.17) is 21.1 Å². The molecule has 2 aromatic rings. The van der Waals surface area contributed by atoms with Crippen molar-refractivity contribution in [3.63, 3.8) is 0 Å². The van der Waals surface area contributed by atoms with Crippen molar-refractivity contribution in [3.8, 4) is 11.5 Å². The van der Waals surface area contributed by atoms with E-state index in [1.165, 1.54) is 12.1 Å². The third kappa shape index (κ3) is 3.07. The molecule has 5 heteroatoms. The third-order valence-electron chi connectivity index (χ3n) is 2.94. The van der Waals surface area contributed by atoms with E-state index in [1.807, 2.05) is 12.1 Å². The van der Waals surface area contributed by atoms with Crippen molar-refractivity contribution < 1.29 is 13.9 Å². The molecule has 20 heavy (non-hydrogen) atoms. The van der Waals surface area contributed by atoms with E-state index in [9.17, 15) is 4.39 Å². The standard InChI is InChI=1S/C15H13BrClFO2/c1-19-13-6-3-9(7-14(13)20-2)15(17)11-5-4-10(18)8-12(11)16/h3-8,15H,1-2H3. The van der Waals surface area contributed by atoms with Crippen LogP contribution in [0.3, 0.4) is 0 Å². The lowest BCUT2D eigenvalue weighted by Crippen LogP contribution is -1.97. The molecule has 2 aromatic carbocycles. The molecule has 0 heterocycles. The Kier molecular flexibility index (Phi) is 4.89. The Morgan fingerprint density at radius 1 is 1.05 bits per heavy atom. The molecule has 0 fully saturated rings. The summed E-state index contributed by atoms with van der Waals surface area (Å²) in [4.78, 5) is 0. The van der Waals surface area contributed by atoms with Crippen LogP contribution in [0, 0.1) is 5.82 Å². The Balaban J connectivity index is 2.40. The number of ether oxygens (including phenoxy) is 2. The zero-order valence-electron chi connectivity index (χ0n) is 11.0. The minimum absolute atomic E-state index is 0.309. The number of rotatable bonds is 4. The Bertz CT molecular complexity index is 619. The summed E-state index contributed by atoms with van der Waals surface area (Å²) in [7, 11) is 3.14. The Morgan fingerprint density at radius 2 is 1.75 bits per heavy atom. The molecule has 0 N–H and O–H groups in total. The average Bonchev–Trinajstić information content (AvgIpc) is 2.45. The van der Waals surface area contributed by atoms with Crippen molar-refractivity contribution in [3.05, 3.63) is 57.8 Å². The van der Waals surface area contributed by atoms with E-state index in [1.54, 1.807) is 26.4 Å². The largest absolute Gasteiger partial charge is 0.493 e. The summed E-state index contributed by atoms with van der Waals surface area (Å²) < 4.78 is 24.2. The van der Waals surface area contributed by atoms with E-state index in [-0.39, 0.29) is 5.82 Å². The molecule has 0 aliphatic carbocycles. The highest BCUT2D eigenvalue weighted by Crippen LogP contribution is 2.38. The second-order valence-electron chi connectivity index (χ2n) is 4.14. The number of methoxy groups -OCH3 is 2. The van der Waals surface area contributed by atoms with Gasteiger partial charge in [0.25, 0.3) is 0 Å². The molecule has 2 rings (SSSR count). The fourth-order valence-corrected chi connectivity index (χ4v) is 2.93. The van der Waals surface area contributed by atoms with Gasteiger partial charge in [-0.1, -0.05) is 28.1 Å². The van der Waals surface area contributed by atoms with Crippen molar-refractivity contribution in [2.75, 3.05) is 14.2 Å². The number of halogens is 3. The Labute approximate surface area is 130 Å². The average molecular weight is 360 g/mol. The molecule has 0 aliphatic heterocycles. The van der Waals surface area contributed by atoms with E-state index in [2.05, 4.69) is 15.9 Å². The predicted molar refractivity (Wildman–Crippen MR) is 81.3 cm³/mol. The summed E-state index contributed by atoms with van der Waals surface area (Å²) in [6, 6.07) is 9.90. The zero-order valence-corrected chi connectivity index (χ0v) is 13.3. The van der Waals surface area contributed by atoms with Crippen LogP contribution in [0.15, 0.2) is 40.9 Å². The third-order valence-corrected chi connectivity index (χ3v) is 4.11. The summed E-state index contributed by atoms with van der Waals surface area (Å²) >= 11 is 9.79. The lowest BCUT2D eigenvalue weighted by molar-refractivity contribution is 0.354. The van der Waals surface area contributed by atoms with Gasteiger partial charge in [-0.25, -0.2) is 4.39 Å². The van der Waals surface area contributed by atoms with Gasteiger partial charge in [0.1, 0.15) is 5.82 Å². The summed E-state index contributed by atoms with van der Waals surface area (Å²) in [5, 5.41) is -0.412. The highest BCUT2D eigenvalue weighted by molar-refractivity contribution is 9.10. The highest BCUT2D eigenvalue weighted by atomic mass is 79.9. The summed E-state index contributed by atoms with van der Waals surface area (Å²) in [5.41, 5.74) is 1.64. The smallest absolute Gasteiger partial charge is 0.161 e. The summed E-state index contributed by atoms with van der Waals surface area (Å²) in [6.45, 7) is 0. The molecule has 0 saturated heterocycles. The predicted octanol–water partition coefficient (Wildman–Crippen LogP) is 4.93. The molecule has 0 amide bonds. The van der Waals surface area contributed by atoms with Crippen molar-refractivity contribution in [2.45, 2.75) is 5.38 Å². The molecule has 0 radical (unpaired) electrons. The van der Waals surface area contributed by atoms with Gasteiger partial charge in [-0.2, -0.15) is 0 Å². The molecule has 0 aromatic heterocycles. The monoisotopic (exact) mass is 358 g/mol. The van der Waals surface area contributed by atoms with Crippen molar-refractivity contribution in [1.82, 2.24) is 0 Å². The van der Waals surface area contributed by atoms with Crippen molar-refractivity contribution >= 4 is 27.5 Å². The van der Waals surface area contributed by atoms with Gasteiger partial charge < -0.3 is 9.47 Å². The lowest BCUT2D eigenvalue weighted by Gasteiger charge is -2.15. The first-order valence-electron chi connectivity index (χ1n) is 5.87. The second-order valence-corrected chi connectivity index (χ2v) is 5.43. The molecule has 2 nitrogen and oxygen atoms in total. The van der Waals surface area contributed by atoms with Crippen LogP contribution in [0.1, 0.15) is 16.5 Å². The van der Waals surface area contributed by atoms with Gasteiger partial charge in [0.2, 0.25) is 0 Å². The molecular weight excluding hydrogens is 347 g/mol. The van der Waals surface area contributed by atoms with Crippen LogP contribution in [0.4, 0.5) is 4.39 Å². The second kappa shape index (κ2) is 6.46. The number of alkyl halides is 1. The molecule has 0 aliphatic rings. The van der Waals surface area contributed by atoms with E-state index in [0.29, 0.717) is 16.0 Å². The van der Waals surface area contributed by atoms with Gasteiger partial charge in [-0.15, -0.1) is 11.6 Å². The lowest BCUT2D eigenvalue weighted by atomic mass is 10.0. The minimum atomic E-state index is -0.412. The number of hydrogen-bond donors (Lipinski definition) is 0. The minimum Gasteiger partial charge on any atom is -0.493 e.